The zero-order valence-corrected chi connectivity index (χ0v) is 12.1. The van der Waals surface area contributed by atoms with Crippen LogP contribution in [0.15, 0.2) is 12.4 Å². The lowest BCUT2D eigenvalue weighted by Crippen LogP contribution is -2.39. The van der Waals surface area contributed by atoms with E-state index in [2.05, 4.69) is 22.2 Å². The minimum absolute atomic E-state index is 0.00579. The topological polar surface area (TPSA) is 67.3 Å². The third-order valence-corrected chi connectivity index (χ3v) is 3.44. The maximum atomic E-state index is 12.4. The second-order valence-corrected chi connectivity index (χ2v) is 5.21. The zero-order chi connectivity index (χ0) is 14.4. The average molecular weight is 278 g/mol. The fraction of sp³-hybridized carbons (Fsp3) is 0.643. The van der Waals surface area contributed by atoms with Gasteiger partial charge in [0.1, 0.15) is 17.8 Å². The van der Waals surface area contributed by atoms with Gasteiger partial charge < -0.3 is 15.0 Å². The average Bonchev–Trinajstić information content (AvgIpc) is 2.47. The molecule has 110 valence electrons. The van der Waals surface area contributed by atoms with Crippen molar-refractivity contribution in [1.82, 2.24) is 14.9 Å². The Balaban J connectivity index is 2.00. The van der Waals surface area contributed by atoms with Gasteiger partial charge in [-0.2, -0.15) is 0 Å². The van der Waals surface area contributed by atoms with Gasteiger partial charge in [-0.3, -0.25) is 4.79 Å². The maximum absolute atomic E-state index is 12.4. The Labute approximate surface area is 119 Å². The number of nitrogens with one attached hydrogen (secondary N) is 1. The Kier molecular flexibility index (Phi) is 5.29. The number of aromatic nitrogens is 2. The van der Waals surface area contributed by atoms with Gasteiger partial charge in [0.2, 0.25) is 0 Å². The number of amides is 1. The lowest BCUT2D eigenvalue weighted by atomic mass is 10.00. The molecule has 1 aliphatic rings. The van der Waals surface area contributed by atoms with Crippen LogP contribution < -0.4 is 5.32 Å². The van der Waals surface area contributed by atoms with Gasteiger partial charge in [-0.1, -0.05) is 6.92 Å². The second kappa shape index (κ2) is 7.19. The van der Waals surface area contributed by atoms with E-state index in [4.69, 9.17) is 4.74 Å². The normalized spacial score (nSPS) is 18.9. The number of rotatable bonds is 5. The Morgan fingerprint density at radius 1 is 1.55 bits per heavy atom. The van der Waals surface area contributed by atoms with Crippen LogP contribution in [0.5, 0.6) is 0 Å². The fourth-order valence-corrected chi connectivity index (χ4v) is 2.39. The van der Waals surface area contributed by atoms with Crippen LogP contribution in [0.3, 0.4) is 0 Å². The van der Waals surface area contributed by atoms with Crippen molar-refractivity contribution in [2.45, 2.75) is 19.8 Å². The summed E-state index contributed by atoms with van der Waals surface area (Å²) in [7, 11) is 1.65. The molecule has 0 saturated carbocycles. The Bertz CT molecular complexity index is 453. The minimum atomic E-state index is -0.00579. The highest BCUT2D eigenvalue weighted by atomic mass is 16.5. The predicted molar refractivity (Wildman–Crippen MR) is 76.7 cm³/mol. The number of nitrogens with zero attached hydrogens (tertiary/aromatic N) is 3. The molecule has 0 aromatic carbocycles. The number of carbonyl (C=O) groups is 1. The number of likely N-dealkylation sites (tertiary alicyclic amines) is 1. The highest BCUT2D eigenvalue weighted by molar-refractivity contribution is 5.92. The van der Waals surface area contributed by atoms with Crippen molar-refractivity contribution < 1.29 is 9.53 Å². The number of methoxy groups -OCH3 is 1. The van der Waals surface area contributed by atoms with Gasteiger partial charge in [-0.25, -0.2) is 9.97 Å². The van der Waals surface area contributed by atoms with Crippen molar-refractivity contribution in [1.29, 1.82) is 0 Å². The molecule has 1 atom stereocenters. The van der Waals surface area contributed by atoms with Gasteiger partial charge in [0.25, 0.3) is 5.91 Å². The van der Waals surface area contributed by atoms with E-state index in [9.17, 15) is 4.79 Å². The Morgan fingerprint density at radius 3 is 3.15 bits per heavy atom. The minimum Gasteiger partial charge on any atom is -0.383 e. The number of anilines is 1. The van der Waals surface area contributed by atoms with E-state index in [0.29, 0.717) is 30.6 Å². The molecule has 1 fully saturated rings. The van der Waals surface area contributed by atoms with Gasteiger partial charge in [-0.05, 0) is 18.8 Å². The van der Waals surface area contributed by atoms with Crippen LogP contribution in [-0.4, -0.2) is 54.1 Å². The van der Waals surface area contributed by atoms with Crippen molar-refractivity contribution in [3.8, 4) is 0 Å². The first kappa shape index (κ1) is 14.7. The van der Waals surface area contributed by atoms with Gasteiger partial charge in [-0.15, -0.1) is 0 Å². The summed E-state index contributed by atoms with van der Waals surface area (Å²) in [6.45, 7) is 5.06. The number of piperidine rings is 1. The zero-order valence-electron chi connectivity index (χ0n) is 12.1. The predicted octanol–water partition coefficient (Wildman–Crippen LogP) is 1.41. The maximum Gasteiger partial charge on any atom is 0.272 e. The van der Waals surface area contributed by atoms with Crippen molar-refractivity contribution in [2.75, 3.05) is 38.7 Å². The summed E-state index contributed by atoms with van der Waals surface area (Å²) in [6.07, 6.45) is 3.68. The highest BCUT2D eigenvalue weighted by Gasteiger charge is 2.23. The molecule has 0 bridgehead atoms. The van der Waals surface area contributed by atoms with Crippen molar-refractivity contribution >= 4 is 11.7 Å². The number of hydrogen-bond acceptors (Lipinski definition) is 5. The molecule has 1 aromatic rings. The largest absolute Gasteiger partial charge is 0.383 e. The molecule has 6 nitrogen and oxygen atoms in total. The van der Waals surface area contributed by atoms with Gasteiger partial charge in [0.05, 0.1) is 6.61 Å². The third kappa shape index (κ3) is 3.90. The molecule has 1 saturated heterocycles. The Hall–Kier alpha value is -1.69. The first-order chi connectivity index (χ1) is 9.70. The number of hydrogen-bond donors (Lipinski definition) is 1. The van der Waals surface area contributed by atoms with E-state index in [-0.39, 0.29) is 5.91 Å². The SMILES string of the molecule is COCCNc1cc(C(=O)N2CCCC(C)C2)ncn1. The molecule has 0 spiro atoms. The monoisotopic (exact) mass is 278 g/mol. The highest BCUT2D eigenvalue weighted by Crippen LogP contribution is 2.17. The Morgan fingerprint density at radius 2 is 2.40 bits per heavy atom. The van der Waals surface area contributed by atoms with E-state index >= 15 is 0 Å². The summed E-state index contributed by atoms with van der Waals surface area (Å²) in [5.74, 6) is 1.22. The van der Waals surface area contributed by atoms with E-state index in [0.717, 1.165) is 19.5 Å². The standard InChI is InChI=1S/C14H22N4O2/c1-11-4-3-6-18(9-11)14(19)12-8-13(17-10-16-12)15-5-7-20-2/h8,10-11H,3-7,9H2,1-2H3,(H,15,16,17). The van der Waals surface area contributed by atoms with Crippen LogP contribution in [0.4, 0.5) is 5.82 Å². The van der Waals surface area contributed by atoms with Gasteiger partial charge in [0.15, 0.2) is 0 Å². The summed E-state index contributed by atoms with van der Waals surface area (Å²) >= 11 is 0. The molecule has 6 heteroatoms. The van der Waals surface area contributed by atoms with Gasteiger partial charge in [0, 0.05) is 32.8 Å². The molecule has 1 amide bonds. The van der Waals surface area contributed by atoms with Crippen molar-refractivity contribution in [3.63, 3.8) is 0 Å². The second-order valence-electron chi connectivity index (χ2n) is 5.21. The summed E-state index contributed by atoms with van der Waals surface area (Å²) in [5.41, 5.74) is 0.453. The number of carbonyl (C=O) groups excluding carboxylic acids is 1. The molecule has 0 radical (unpaired) electrons. The molecular formula is C14H22N4O2. The molecule has 1 aliphatic heterocycles. The molecule has 2 rings (SSSR count). The van der Waals surface area contributed by atoms with E-state index in [1.807, 2.05) is 4.90 Å². The van der Waals surface area contributed by atoms with Crippen LogP contribution in [0.25, 0.3) is 0 Å². The molecule has 2 heterocycles. The fourth-order valence-electron chi connectivity index (χ4n) is 2.39. The molecule has 0 aliphatic carbocycles. The molecular weight excluding hydrogens is 256 g/mol. The smallest absolute Gasteiger partial charge is 0.272 e. The summed E-state index contributed by atoms with van der Waals surface area (Å²) in [4.78, 5) is 22.5. The van der Waals surface area contributed by atoms with E-state index in [1.54, 1.807) is 13.2 Å². The molecule has 1 N–H and O–H groups in total. The quantitative estimate of drug-likeness (QED) is 0.825. The summed E-state index contributed by atoms with van der Waals surface area (Å²) in [5, 5.41) is 3.11. The van der Waals surface area contributed by atoms with Crippen LogP contribution >= 0.6 is 0 Å². The first-order valence-corrected chi connectivity index (χ1v) is 7.05. The van der Waals surface area contributed by atoms with Crippen molar-refractivity contribution in [2.24, 2.45) is 5.92 Å². The first-order valence-electron chi connectivity index (χ1n) is 7.05. The number of ether oxygens (including phenoxy) is 1. The van der Waals surface area contributed by atoms with Crippen LogP contribution in [0.1, 0.15) is 30.3 Å². The van der Waals surface area contributed by atoms with E-state index in [1.165, 1.54) is 12.7 Å². The summed E-state index contributed by atoms with van der Waals surface area (Å²) in [6, 6.07) is 1.71. The third-order valence-electron chi connectivity index (χ3n) is 3.44. The van der Waals surface area contributed by atoms with E-state index < -0.39 is 0 Å². The van der Waals surface area contributed by atoms with Crippen LogP contribution in [0.2, 0.25) is 0 Å². The molecule has 20 heavy (non-hydrogen) atoms. The van der Waals surface area contributed by atoms with Crippen LogP contribution in [0, 0.1) is 5.92 Å². The molecule has 1 aromatic heterocycles. The lowest BCUT2D eigenvalue weighted by Gasteiger charge is -2.30. The van der Waals surface area contributed by atoms with Gasteiger partial charge >= 0.3 is 0 Å². The van der Waals surface area contributed by atoms with Crippen LogP contribution in [-0.2, 0) is 4.74 Å². The van der Waals surface area contributed by atoms with Crippen molar-refractivity contribution in [3.05, 3.63) is 18.1 Å². The lowest BCUT2D eigenvalue weighted by molar-refractivity contribution is 0.0677. The molecule has 1 unspecified atom stereocenters. The summed E-state index contributed by atoms with van der Waals surface area (Å²) < 4.78 is 4.97.